The van der Waals surface area contributed by atoms with Gasteiger partial charge >= 0.3 is 0 Å². The Bertz CT molecular complexity index is 910. The molecule has 6 heteroatoms. The third-order valence-electron chi connectivity index (χ3n) is 5.01. The number of likely N-dealkylation sites (tertiary alicyclic amines) is 1. The normalized spacial score (nSPS) is 18.0. The molecule has 1 atom stereocenters. The van der Waals surface area contributed by atoms with Crippen LogP contribution in [0.2, 0.25) is 0 Å². The molecular formula is C19H23N5O. The van der Waals surface area contributed by atoms with Crippen LogP contribution in [0.1, 0.15) is 36.0 Å². The molecule has 0 bridgehead atoms. The largest absolute Gasteiger partial charge is 0.340 e. The van der Waals surface area contributed by atoms with Crippen molar-refractivity contribution >= 4 is 16.8 Å². The van der Waals surface area contributed by atoms with Gasteiger partial charge in [-0.2, -0.15) is 10.2 Å². The van der Waals surface area contributed by atoms with Crippen LogP contribution in [0.3, 0.4) is 0 Å². The number of nitrogens with zero attached hydrogens (tertiary/aromatic N) is 4. The Morgan fingerprint density at radius 3 is 2.96 bits per heavy atom. The molecule has 0 spiro atoms. The van der Waals surface area contributed by atoms with E-state index in [2.05, 4.69) is 33.0 Å². The van der Waals surface area contributed by atoms with Gasteiger partial charge in [0.05, 0.1) is 29.4 Å². The highest BCUT2D eigenvalue weighted by Crippen LogP contribution is 2.24. The number of carbonyl (C=O) groups excluding carboxylic acids is 1. The molecule has 3 aromatic rings. The number of hydrogen-bond donors (Lipinski definition) is 1. The summed E-state index contributed by atoms with van der Waals surface area (Å²) in [5.41, 5.74) is 4.00. The second kappa shape index (κ2) is 6.35. The lowest BCUT2D eigenvalue weighted by molar-refractivity contribution is -0.132. The molecule has 0 unspecified atom stereocenters. The molecule has 0 saturated carbocycles. The summed E-state index contributed by atoms with van der Waals surface area (Å²) >= 11 is 0. The van der Waals surface area contributed by atoms with Gasteiger partial charge in [-0.15, -0.1) is 0 Å². The van der Waals surface area contributed by atoms with E-state index in [1.165, 1.54) is 0 Å². The quantitative estimate of drug-likeness (QED) is 0.799. The van der Waals surface area contributed by atoms with Crippen molar-refractivity contribution in [2.45, 2.75) is 39.2 Å². The number of nitrogens with one attached hydrogen (secondary N) is 1. The molecule has 1 fully saturated rings. The summed E-state index contributed by atoms with van der Waals surface area (Å²) in [4.78, 5) is 14.8. The van der Waals surface area contributed by atoms with Crippen molar-refractivity contribution in [2.75, 3.05) is 13.1 Å². The average molecular weight is 337 g/mol. The minimum Gasteiger partial charge on any atom is -0.340 e. The van der Waals surface area contributed by atoms with Gasteiger partial charge in [0.2, 0.25) is 5.91 Å². The molecule has 1 N–H and O–H groups in total. The predicted molar refractivity (Wildman–Crippen MR) is 96.3 cm³/mol. The first kappa shape index (κ1) is 15.9. The molecule has 130 valence electrons. The van der Waals surface area contributed by atoms with E-state index in [1.54, 1.807) is 0 Å². The number of aryl methyl sites for hydroxylation is 2. The fourth-order valence-electron chi connectivity index (χ4n) is 3.81. The van der Waals surface area contributed by atoms with Gasteiger partial charge in [0.15, 0.2) is 0 Å². The van der Waals surface area contributed by atoms with Crippen LogP contribution >= 0.6 is 0 Å². The van der Waals surface area contributed by atoms with Crippen LogP contribution in [-0.4, -0.2) is 43.9 Å². The zero-order valence-corrected chi connectivity index (χ0v) is 14.7. The van der Waals surface area contributed by atoms with Crippen molar-refractivity contribution in [3.8, 4) is 0 Å². The standard InChI is InChI=1S/C19H23N5O/c1-13-10-14(2)24(22-13)15-6-5-9-23(12-15)19(25)11-18-16-7-3-4-8-17(16)20-21-18/h3-4,7-8,10,15H,5-6,9,11-12H2,1-2H3,(H,20,21)/t15-/m1/s1. The SMILES string of the molecule is Cc1cc(C)n([C@@H]2CCCN(C(=O)Cc3[nH]nc4ccccc34)C2)n1. The molecule has 1 aliphatic rings. The molecule has 0 radical (unpaired) electrons. The highest BCUT2D eigenvalue weighted by atomic mass is 16.2. The first-order chi connectivity index (χ1) is 12.1. The Morgan fingerprint density at radius 2 is 2.16 bits per heavy atom. The Labute approximate surface area is 146 Å². The summed E-state index contributed by atoms with van der Waals surface area (Å²) in [6, 6.07) is 10.3. The second-order valence-electron chi connectivity index (χ2n) is 6.90. The molecule has 1 amide bonds. The van der Waals surface area contributed by atoms with E-state index in [4.69, 9.17) is 0 Å². The highest BCUT2D eigenvalue weighted by Gasteiger charge is 2.26. The average Bonchev–Trinajstić information content (AvgIpc) is 3.18. The summed E-state index contributed by atoms with van der Waals surface area (Å²) in [6.07, 6.45) is 2.45. The minimum atomic E-state index is 0.153. The number of carbonyl (C=O) groups is 1. The van der Waals surface area contributed by atoms with E-state index >= 15 is 0 Å². The van der Waals surface area contributed by atoms with Crippen LogP contribution in [0.15, 0.2) is 30.3 Å². The maximum absolute atomic E-state index is 12.8. The molecule has 6 nitrogen and oxygen atoms in total. The molecule has 1 aliphatic heterocycles. The maximum Gasteiger partial charge on any atom is 0.228 e. The summed E-state index contributed by atoms with van der Waals surface area (Å²) in [6.45, 7) is 5.64. The van der Waals surface area contributed by atoms with E-state index in [0.29, 0.717) is 6.42 Å². The van der Waals surface area contributed by atoms with Crippen LogP contribution in [0.25, 0.3) is 10.9 Å². The van der Waals surface area contributed by atoms with E-state index in [9.17, 15) is 4.79 Å². The van der Waals surface area contributed by atoms with Crippen molar-refractivity contribution < 1.29 is 4.79 Å². The fourth-order valence-corrected chi connectivity index (χ4v) is 3.81. The van der Waals surface area contributed by atoms with Crippen molar-refractivity contribution in [2.24, 2.45) is 0 Å². The maximum atomic E-state index is 12.8. The van der Waals surface area contributed by atoms with Gasteiger partial charge in [-0.1, -0.05) is 18.2 Å². The summed E-state index contributed by atoms with van der Waals surface area (Å²) in [7, 11) is 0. The van der Waals surface area contributed by atoms with E-state index in [0.717, 1.165) is 53.9 Å². The zero-order valence-electron chi connectivity index (χ0n) is 14.7. The second-order valence-corrected chi connectivity index (χ2v) is 6.90. The third-order valence-corrected chi connectivity index (χ3v) is 5.01. The van der Waals surface area contributed by atoms with Crippen LogP contribution in [0, 0.1) is 13.8 Å². The van der Waals surface area contributed by atoms with Crippen molar-refractivity contribution in [1.29, 1.82) is 0 Å². The molecule has 1 aromatic carbocycles. The number of fused-ring (bicyclic) bond motifs is 1. The first-order valence-electron chi connectivity index (χ1n) is 8.84. The number of H-pyrrole nitrogens is 1. The van der Waals surface area contributed by atoms with Crippen molar-refractivity contribution in [1.82, 2.24) is 24.9 Å². The molecule has 3 heterocycles. The number of benzene rings is 1. The summed E-state index contributed by atoms with van der Waals surface area (Å²) in [5, 5.41) is 12.9. The molecule has 25 heavy (non-hydrogen) atoms. The highest BCUT2D eigenvalue weighted by molar-refractivity contribution is 5.87. The van der Waals surface area contributed by atoms with Crippen LogP contribution in [-0.2, 0) is 11.2 Å². The van der Waals surface area contributed by atoms with E-state index in [-0.39, 0.29) is 11.9 Å². The third kappa shape index (κ3) is 3.04. The fraction of sp³-hybridized carbons (Fsp3) is 0.421. The lowest BCUT2D eigenvalue weighted by Crippen LogP contribution is -2.42. The van der Waals surface area contributed by atoms with Crippen LogP contribution in [0.4, 0.5) is 0 Å². The van der Waals surface area contributed by atoms with Crippen molar-refractivity contribution in [3.63, 3.8) is 0 Å². The van der Waals surface area contributed by atoms with Gasteiger partial charge in [-0.05, 0) is 38.8 Å². The first-order valence-corrected chi connectivity index (χ1v) is 8.84. The van der Waals surface area contributed by atoms with Gasteiger partial charge < -0.3 is 4.90 Å². The Balaban J connectivity index is 1.49. The predicted octanol–water partition coefficient (Wildman–Crippen LogP) is 2.78. The zero-order chi connectivity index (χ0) is 17.4. The number of para-hydroxylation sites is 1. The van der Waals surface area contributed by atoms with E-state index < -0.39 is 0 Å². The summed E-state index contributed by atoms with van der Waals surface area (Å²) in [5.74, 6) is 0.153. The molecule has 2 aromatic heterocycles. The molecular weight excluding hydrogens is 314 g/mol. The van der Waals surface area contributed by atoms with Gasteiger partial charge in [0.1, 0.15) is 0 Å². The number of amides is 1. The monoisotopic (exact) mass is 337 g/mol. The Kier molecular flexibility index (Phi) is 4.03. The molecule has 1 saturated heterocycles. The number of aromatic nitrogens is 4. The number of piperidine rings is 1. The molecule has 0 aliphatic carbocycles. The van der Waals surface area contributed by atoms with Crippen molar-refractivity contribution in [3.05, 3.63) is 47.4 Å². The lowest BCUT2D eigenvalue weighted by Gasteiger charge is -2.33. The van der Waals surface area contributed by atoms with Crippen LogP contribution < -0.4 is 0 Å². The minimum absolute atomic E-state index is 0.153. The summed E-state index contributed by atoms with van der Waals surface area (Å²) < 4.78 is 2.08. The smallest absolute Gasteiger partial charge is 0.228 e. The Morgan fingerprint density at radius 1 is 1.32 bits per heavy atom. The number of aromatic amines is 1. The van der Waals surface area contributed by atoms with Gasteiger partial charge in [-0.3, -0.25) is 14.6 Å². The van der Waals surface area contributed by atoms with Gasteiger partial charge in [0.25, 0.3) is 0 Å². The topological polar surface area (TPSA) is 66.8 Å². The lowest BCUT2D eigenvalue weighted by atomic mass is 10.0. The Hall–Kier alpha value is -2.63. The number of hydrogen-bond acceptors (Lipinski definition) is 3. The molecule has 4 rings (SSSR count). The van der Waals surface area contributed by atoms with Gasteiger partial charge in [0, 0.05) is 24.2 Å². The van der Waals surface area contributed by atoms with E-state index in [1.807, 2.05) is 36.1 Å². The van der Waals surface area contributed by atoms with Crippen LogP contribution in [0.5, 0.6) is 0 Å². The van der Waals surface area contributed by atoms with Gasteiger partial charge in [-0.25, -0.2) is 0 Å². The number of rotatable bonds is 3.